The fourth-order valence-corrected chi connectivity index (χ4v) is 5.48. The molecule has 1 heterocycles. The Kier molecular flexibility index (Phi) is 7.74. The van der Waals surface area contributed by atoms with E-state index in [9.17, 15) is 28.8 Å². The lowest BCUT2D eigenvalue weighted by Crippen LogP contribution is -2.34. The summed E-state index contributed by atoms with van der Waals surface area (Å²) in [6, 6.07) is 8.85. The van der Waals surface area contributed by atoms with Crippen molar-refractivity contribution in [2.75, 3.05) is 6.61 Å². The van der Waals surface area contributed by atoms with Gasteiger partial charge in [0.15, 0.2) is 0 Å². The number of phosphoric ester groups is 1. The topological polar surface area (TPSA) is 210 Å². The van der Waals surface area contributed by atoms with Crippen LogP contribution in [0, 0.1) is 0 Å². The molecule has 16 heteroatoms. The first-order chi connectivity index (χ1) is 12.8. The number of rotatable bonds is 9. The lowest BCUT2D eigenvalue weighted by atomic mass is 10.0. The highest BCUT2D eigenvalue weighted by Crippen LogP contribution is 2.66. The maximum absolute atomic E-state index is 11.7. The fraction of sp³-hybridized carbons (Fsp3) is 0.500. The van der Waals surface area contributed by atoms with Crippen LogP contribution in [-0.4, -0.2) is 60.8 Å². The molecule has 0 bridgehead atoms. The zero-order valence-electron chi connectivity index (χ0n) is 14.0. The van der Waals surface area contributed by atoms with Gasteiger partial charge in [-0.25, -0.2) is 13.7 Å². The molecule has 6 atom stereocenters. The lowest BCUT2D eigenvalue weighted by Gasteiger charge is -2.19. The van der Waals surface area contributed by atoms with Gasteiger partial charge in [0.25, 0.3) is 0 Å². The van der Waals surface area contributed by atoms with Crippen molar-refractivity contribution in [3.63, 3.8) is 0 Å². The molecule has 1 aromatic carbocycles. The third-order valence-corrected chi connectivity index (χ3v) is 7.36. The zero-order chi connectivity index (χ0) is 21.2. The van der Waals surface area contributed by atoms with E-state index < -0.39 is 54.5 Å². The SMILES string of the molecule is O=P(O)(O)OP(=O)(O)OP(=O)(O)OC[C@H]1O[C@@H](Cc2ccccc2)[C@H](O)[C@@H]1O. The van der Waals surface area contributed by atoms with E-state index in [1.165, 1.54) is 0 Å². The Morgan fingerprint density at radius 1 is 0.857 bits per heavy atom. The van der Waals surface area contributed by atoms with Crippen molar-refractivity contribution in [3.8, 4) is 0 Å². The van der Waals surface area contributed by atoms with Crippen LogP contribution >= 0.6 is 23.5 Å². The standard InChI is InChI=1S/C12H19O13P3/c13-11-9(6-8-4-2-1-3-5-8)23-10(12(11)14)7-22-27(18,19)25-28(20,21)24-26(15,16)17/h1-5,9-14H,6-7H2,(H,18,19)(H,20,21)(H2,15,16,17)/t9-,10+,11-,12+/m0/s1. The van der Waals surface area contributed by atoms with Crippen LogP contribution in [0.4, 0.5) is 0 Å². The molecule has 160 valence electrons. The van der Waals surface area contributed by atoms with Crippen molar-refractivity contribution in [1.82, 2.24) is 0 Å². The van der Waals surface area contributed by atoms with Crippen LogP contribution in [0.3, 0.4) is 0 Å². The second kappa shape index (κ2) is 9.11. The average Bonchev–Trinajstić information content (AvgIpc) is 2.79. The van der Waals surface area contributed by atoms with Gasteiger partial charge < -0.3 is 34.5 Å². The normalized spacial score (nSPS) is 29.9. The Labute approximate surface area is 158 Å². The van der Waals surface area contributed by atoms with Crippen LogP contribution in [0.15, 0.2) is 30.3 Å². The zero-order valence-corrected chi connectivity index (χ0v) is 16.7. The van der Waals surface area contributed by atoms with Gasteiger partial charge >= 0.3 is 23.5 Å². The van der Waals surface area contributed by atoms with E-state index >= 15 is 0 Å². The van der Waals surface area contributed by atoms with E-state index in [-0.39, 0.29) is 6.42 Å². The van der Waals surface area contributed by atoms with Crippen LogP contribution in [0.25, 0.3) is 0 Å². The molecule has 1 aliphatic heterocycles. The van der Waals surface area contributed by atoms with Crippen LogP contribution in [0.1, 0.15) is 5.56 Å². The average molecular weight is 464 g/mol. The number of aliphatic hydroxyl groups excluding tert-OH is 2. The second-order valence-corrected chi connectivity index (χ2v) is 10.2. The summed E-state index contributed by atoms with van der Waals surface area (Å²) < 4.78 is 50.4. The summed E-state index contributed by atoms with van der Waals surface area (Å²) in [5.41, 5.74) is 0.798. The van der Waals surface area contributed by atoms with E-state index in [1.54, 1.807) is 30.3 Å². The molecule has 2 unspecified atom stereocenters. The van der Waals surface area contributed by atoms with E-state index in [0.717, 1.165) is 5.56 Å². The molecular formula is C12H19O13P3. The molecule has 1 fully saturated rings. The van der Waals surface area contributed by atoms with E-state index in [4.69, 9.17) is 19.4 Å². The minimum absolute atomic E-state index is 0.227. The molecule has 0 aliphatic carbocycles. The Morgan fingerprint density at radius 2 is 1.43 bits per heavy atom. The van der Waals surface area contributed by atoms with Gasteiger partial charge in [0.05, 0.1) is 12.7 Å². The molecule has 0 spiro atoms. The number of hydrogen-bond donors (Lipinski definition) is 6. The van der Waals surface area contributed by atoms with Crippen LogP contribution in [-0.2, 0) is 38.0 Å². The molecule has 0 radical (unpaired) electrons. The van der Waals surface area contributed by atoms with Crippen LogP contribution < -0.4 is 0 Å². The van der Waals surface area contributed by atoms with Crippen molar-refractivity contribution in [3.05, 3.63) is 35.9 Å². The highest BCUT2D eigenvalue weighted by molar-refractivity contribution is 7.66. The largest absolute Gasteiger partial charge is 0.490 e. The quantitative estimate of drug-likeness (QED) is 0.267. The van der Waals surface area contributed by atoms with Crippen LogP contribution in [0.2, 0.25) is 0 Å². The minimum Gasteiger partial charge on any atom is -0.388 e. The first-order valence-electron chi connectivity index (χ1n) is 7.62. The maximum Gasteiger partial charge on any atom is 0.490 e. The Balaban J connectivity index is 1.93. The Bertz CT molecular complexity index is 795. The predicted molar refractivity (Wildman–Crippen MR) is 90.6 cm³/mol. The number of ether oxygens (including phenoxy) is 1. The van der Waals surface area contributed by atoms with Crippen molar-refractivity contribution in [2.45, 2.75) is 30.8 Å². The Morgan fingerprint density at radius 3 is 2.00 bits per heavy atom. The molecule has 0 saturated carbocycles. The molecule has 1 aromatic rings. The molecule has 2 rings (SSSR count). The summed E-state index contributed by atoms with van der Waals surface area (Å²) in [6.45, 7) is -0.840. The number of hydrogen-bond acceptors (Lipinski definition) is 9. The Hall–Kier alpha value is -0.490. The van der Waals surface area contributed by atoms with Crippen molar-refractivity contribution >= 4 is 23.5 Å². The molecule has 0 amide bonds. The first kappa shape index (κ1) is 23.8. The first-order valence-corrected chi connectivity index (χ1v) is 12.1. The third-order valence-electron chi connectivity index (χ3n) is 3.56. The van der Waals surface area contributed by atoms with Crippen molar-refractivity contribution in [1.29, 1.82) is 0 Å². The van der Waals surface area contributed by atoms with E-state index in [2.05, 4.69) is 13.1 Å². The molecule has 1 saturated heterocycles. The highest BCUT2D eigenvalue weighted by atomic mass is 31.3. The summed E-state index contributed by atoms with van der Waals surface area (Å²) in [5, 5.41) is 20.0. The maximum atomic E-state index is 11.7. The molecule has 6 N–H and O–H groups in total. The highest BCUT2D eigenvalue weighted by Gasteiger charge is 2.45. The lowest BCUT2D eigenvalue weighted by molar-refractivity contribution is -0.0211. The smallest absolute Gasteiger partial charge is 0.388 e. The third kappa shape index (κ3) is 7.40. The van der Waals surface area contributed by atoms with Crippen LogP contribution in [0.5, 0.6) is 0 Å². The van der Waals surface area contributed by atoms with Gasteiger partial charge in [-0.05, 0) is 5.56 Å². The summed E-state index contributed by atoms with van der Waals surface area (Å²) in [6.07, 6.45) is -4.75. The molecular weight excluding hydrogens is 445 g/mol. The van der Waals surface area contributed by atoms with Gasteiger partial charge in [0.1, 0.15) is 18.3 Å². The van der Waals surface area contributed by atoms with Crippen molar-refractivity contribution < 1.29 is 61.4 Å². The van der Waals surface area contributed by atoms with E-state index in [1.807, 2.05) is 0 Å². The molecule has 1 aliphatic rings. The van der Waals surface area contributed by atoms with Gasteiger partial charge in [-0.3, -0.25) is 4.52 Å². The summed E-state index contributed by atoms with van der Waals surface area (Å²) in [4.78, 5) is 35.4. The predicted octanol–water partition coefficient (Wildman–Crippen LogP) is 0.0616. The molecule has 28 heavy (non-hydrogen) atoms. The van der Waals surface area contributed by atoms with Gasteiger partial charge in [-0.2, -0.15) is 8.62 Å². The van der Waals surface area contributed by atoms with Gasteiger partial charge in [-0.15, -0.1) is 0 Å². The summed E-state index contributed by atoms with van der Waals surface area (Å²) >= 11 is 0. The number of phosphoric acid groups is 3. The van der Waals surface area contributed by atoms with Gasteiger partial charge in [0.2, 0.25) is 0 Å². The summed E-state index contributed by atoms with van der Waals surface area (Å²) in [5.74, 6) is 0. The van der Waals surface area contributed by atoms with Gasteiger partial charge in [-0.1, -0.05) is 30.3 Å². The number of aliphatic hydroxyl groups is 2. The van der Waals surface area contributed by atoms with E-state index in [0.29, 0.717) is 0 Å². The molecule has 0 aromatic heterocycles. The molecule has 13 nitrogen and oxygen atoms in total. The second-order valence-electron chi connectivity index (χ2n) is 5.77. The summed E-state index contributed by atoms with van der Waals surface area (Å²) in [7, 11) is -16.5. The van der Waals surface area contributed by atoms with Crippen molar-refractivity contribution in [2.24, 2.45) is 0 Å². The van der Waals surface area contributed by atoms with Gasteiger partial charge in [0, 0.05) is 6.42 Å². The monoisotopic (exact) mass is 464 g/mol. The fourth-order valence-electron chi connectivity index (χ4n) is 2.45. The minimum atomic E-state index is -5.64. The number of benzene rings is 1.